The standard InChI is InChI=1S/C27H18B3F4N7O2/c1-42-24-19(20(14-5-6-14)36-12-37-24)22-38-17-3-2-8-35-21(17)25(40-22)43-11-13-4-7-15(16(31)9-13)23-39-18(26(32,33)34)10-41(23)27(28,29)30/h2-4,7-10,12,14H,5-6,11H2,1H3. The number of methoxy groups -OCH3 is 1. The van der Waals surface area contributed by atoms with Crippen molar-refractivity contribution in [3.63, 3.8) is 0 Å². The summed E-state index contributed by atoms with van der Waals surface area (Å²) in [7, 11) is 18.4. The van der Waals surface area contributed by atoms with Crippen LogP contribution in [0.4, 0.5) is 17.6 Å². The fraction of sp³-hybridized carbons (Fsp3) is 0.259. The Morgan fingerprint density at radius 3 is 2.47 bits per heavy atom. The molecule has 1 aromatic carbocycles. The molecule has 1 fully saturated rings. The fourth-order valence-corrected chi connectivity index (χ4v) is 4.55. The predicted octanol–water partition coefficient (Wildman–Crippen LogP) is 4.04. The molecule has 210 valence electrons. The molecule has 0 amide bonds. The van der Waals surface area contributed by atoms with E-state index in [0.29, 0.717) is 38.8 Å². The molecule has 0 atom stereocenters. The van der Waals surface area contributed by atoms with Gasteiger partial charge in [0.1, 0.15) is 30.1 Å². The summed E-state index contributed by atoms with van der Waals surface area (Å²) in [5, 5.41) is -2.27. The van der Waals surface area contributed by atoms with Gasteiger partial charge in [0, 0.05) is 18.3 Å². The van der Waals surface area contributed by atoms with Crippen LogP contribution in [0.2, 0.25) is 0 Å². The minimum absolute atomic E-state index is 0.113. The molecule has 9 nitrogen and oxygen atoms in total. The van der Waals surface area contributed by atoms with Crippen molar-refractivity contribution in [2.24, 2.45) is 0 Å². The maximum Gasteiger partial charge on any atom is 0.434 e. The maximum atomic E-state index is 15.3. The van der Waals surface area contributed by atoms with Crippen molar-refractivity contribution in [2.75, 3.05) is 7.11 Å². The van der Waals surface area contributed by atoms with E-state index in [-0.39, 0.29) is 29.8 Å². The van der Waals surface area contributed by atoms with Gasteiger partial charge in [-0.05, 0) is 42.7 Å². The van der Waals surface area contributed by atoms with E-state index in [0.717, 1.165) is 24.6 Å². The predicted molar refractivity (Wildman–Crippen MR) is 149 cm³/mol. The Morgan fingerprint density at radius 1 is 1.00 bits per heavy atom. The van der Waals surface area contributed by atoms with E-state index in [9.17, 15) is 13.2 Å². The number of rotatable bonds is 8. The Morgan fingerprint density at radius 2 is 1.79 bits per heavy atom. The van der Waals surface area contributed by atoms with Gasteiger partial charge in [0.2, 0.25) is 11.8 Å². The van der Waals surface area contributed by atoms with Crippen LogP contribution in [-0.2, 0) is 18.0 Å². The molecule has 6 radical (unpaired) electrons. The van der Waals surface area contributed by atoms with Crippen LogP contribution < -0.4 is 9.47 Å². The highest BCUT2D eigenvalue weighted by molar-refractivity contribution is 6.56. The molecule has 5 aromatic rings. The second-order valence-electron chi connectivity index (χ2n) is 9.95. The van der Waals surface area contributed by atoms with Crippen molar-refractivity contribution in [2.45, 2.75) is 36.8 Å². The largest absolute Gasteiger partial charge is 0.480 e. The van der Waals surface area contributed by atoms with Crippen molar-refractivity contribution in [3.05, 3.63) is 71.8 Å². The number of hydrogen-bond acceptors (Lipinski definition) is 8. The van der Waals surface area contributed by atoms with Gasteiger partial charge in [0.15, 0.2) is 17.0 Å². The van der Waals surface area contributed by atoms with Gasteiger partial charge >= 0.3 is 6.18 Å². The molecule has 1 aliphatic carbocycles. The van der Waals surface area contributed by atoms with Gasteiger partial charge in [-0.2, -0.15) is 18.2 Å². The smallest absolute Gasteiger partial charge is 0.434 e. The highest BCUT2D eigenvalue weighted by atomic mass is 19.4. The quantitative estimate of drug-likeness (QED) is 0.200. The third-order valence-electron chi connectivity index (χ3n) is 6.71. The first kappa shape index (κ1) is 28.6. The summed E-state index contributed by atoms with van der Waals surface area (Å²) in [6.07, 6.45) is 0.606. The van der Waals surface area contributed by atoms with Crippen LogP contribution in [0.5, 0.6) is 11.8 Å². The molecule has 0 unspecified atom stereocenters. The van der Waals surface area contributed by atoms with E-state index < -0.39 is 28.7 Å². The molecule has 1 saturated carbocycles. The lowest BCUT2D eigenvalue weighted by molar-refractivity contribution is -0.140. The first-order valence-corrected chi connectivity index (χ1v) is 12.9. The zero-order valence-corrected chi connectivity index (χ0v) is 22.5. The summed E-state index contributed by atoms with van der Waals surface area (Å²) in [5.41, 5.74) is 0.856. The molecular weight excluding hydrogens is 563 g/mol. The average Bonchev–Trinajstić information content (AvgIpc) is 3.71. The Hall–Kier alpha value is -4.49. The summed E-state index contributed by atoms with van der Waals surface area (Å²) >= 11 is 0. The molecule has 16 heteroatoms. The van der Waals surface area contributed by atoms with Crippen LogP contribution in [0.3, 0.4) is 0 Å². The number of pyridine rings is 1. The molecule has 0 spiro atoms. The molecular formula is C27H18B3F4N7O2. The molecule has 0 aliphatic heterocycles. The van der Waals surface area contributed by atoms with Gasteiger partial charge < -0.3 is 14.0 Å². The second kappa shape index (κ2) is 10.7. The number of alkyl halides is 3. The Kier molecular flexibility index (Phi) is 7.09. The molecule has 0 N–H and O–H groups in total. The number of benzene rings is 1. The molecule has 43 heavy (non-hydrogen) atoms. The average molecular weight is 581 g/mol. The summed E-state index contributed by atoms with van der Waals surface area (Å²) in [6, 6.07) is 7.22. The number of halogens is 4. The first-order chi connectivity index (χ1) is 20.4. The zero-order chi connectivity index (χ0) is 30.5. The molecule has 0 bridgehead atoms. The molecule has 4 aromatic heterocycles. The first-order valence-electron chi connectivity index (χ1n) is 12.9. The summed E-state index contributed by atoms with van der Waals surface area (Å²) < 4.78 is 67.4. The number of imidazole rings is 1. The SMILES string of the molecule is [B]C([B])([B])n1cc(C(F)(F)F)nc1-c1ccc(COc2nc(-c3c(OC)ncnc3C3CC3)nc3cccnc23)cc1F. The number of ether oxygens (including phenoxy) is 2. The van der Waals surface area contributed by atoms with E-state index in [4.69, 9.17) is 33.0 Å². The topological polar surface area (TPSA) is 101 Å². The van der Waals surface area contributed by atoms with Gasteiger partial charge in [-0.15, -0.1) is 0 Å². The number of nitrogens with zero attached hydrogens (tertiary/aromatic N) is 7. The monoisotopic (exact) mass is 581 g/mol. The minimum Gasteiger partial charge on any atom is -0.480 e. The van der Waals surface area contributed by atoms with E-state index >= 15 is 4.39 Å². The number of aromatic nitrogens is 7. The fourth-order valence-electron chi connectivity index (χ4n) is 4.55. The van der Waals surface area contributed by atoms with E-state index in [1.54, 1.807) is 18.3 Å². The van der Waals surface area contributed by atoms with Gasteiger partial charge in [-0.1, -0.05) is 11.3 Å². The van der Waals surface area contributed by atoms with E-state index in [2.05, 4.69) is 29.9 Å². The number of hydrogen-bond donors (Lipinski definition) is 0. The molecule has 0 saturated heterocycles. The second-order valence-corrected chi connectivity index (χ2v) is 9.95. The van der Waals surface area contributed by atoms with Gasteiger partial charge in [0.05, 0.1) is 47.4 Å². The van der Waals surface area contributed by atoms with Crippen molar-refractivity contribution in [3.8, 4) is 34.5 Å². The Labute approximate surface area is 246 Å². The van der Waals surface area contributed by atoms with Crippen LogP contribution in [-0.4, -0.2) is 65.1 Å². The Balaban J connectivity index is 1.34. The summed E-state index contributed by atoms with van der Waals surface area (Å²) in [6.45, 7) is -0.173. The minimum atomic E-state index is -4.84. The number of fused-ring (bicyclic) bond motifs is 1. The van der Waals surface area contributed by atoms with Crippen molar-refractivity contribution in [1.82, 2.24) is 34.5 Å². The molecule has 1 aliphatic rings. The van der Waals surface area contributed by atoms with Crippen LogP contribution in [0.15, 0.2) is 49.1 Å². The normalized spacial score (nSPS) is 13.8. The lowest BCUT2D eigenvalue weighted by atomic mass is 9.49. The van der Waals surface area contributed by atoms with Crippen molar-refractivity contribution >= 4 is 34.6 Å². The summed E-state index contributed by atoms with van der Waals surface area (Å²) in [4.78, 5) is 25.8. The van der Waals surface area contributed by atoms with E-state index in [1.165, 1.54) is 25.6 Å². The van der Waals surface area contributed by atoms with Crippen molar-refractivity contribution in [1.29, 1.82) is 0 Å². The Bertz CT molecular complexity index is 1840. The van der Waals surface area contributed by atoms with Crippen molar-refractivity contribution < 1.29 is 27.0 Å². The lowest BCUT2D eigenvalue weighted by Gasteiger charge is -2.25. The molecule has 6 rings (SSSR count). The molecule has 4 heterocycles. The lowest BCUT2D eigenvalue weighted by Crippen LogP contribution is -2.35. The van der Waals surface area contributed by atoms with Crippen LogP contribution in [0.25, 0.3) is 33.8 Å². The van der Waals surface area contributed by atoms with Crippen LogP contribution in [0.1, 0.15) is 35.7 Å². The van der Waals surface area contributed by atoms with Crippen LogP contribution in [0, 0.1) is 5.82 Å². The third-order valence-corrected chi connectivity index (χ3v) is 6.71. The maximum absolute atomic E-state index is 15.3. The third kappa shape index (κ3) is 5.65. The summed E-state index contributed by atoms with van der Waals surface area (Å²) in [5.74, 6) is -0.466. The highest BCUT2D eigenvalue weighted by Crippen LogP contribution is 2.45. The van der Waals surface area contributed by atoms with Crippen LogP contribution >= 0.6 is 0 Å². The van der Waals surface area contributed by atoms with E-state index in [1.807, 2.05) is 0 Å². The van der Waals surface area contributed by atoms with Gasteiger partial charge in [0.25, 0.3) is 0 Å². The highest BCUT2D eigenvalue weighted by Gasteiger charge is 2.36. The zero-order valence-electron chi connectivity index (χ0n) is 22.5. The van der Waals surface area contributed by atoms with Gasteiger partial charge in [-0.25, -0.2) is 29.3 Å². The van der Waals surface area contributed by atoms with Gasteiger partial charge in [-0.3, -0.25) is 0 Å².